The molecule has 26 heavy (non-hydrogen) atoms. The van der Waals surface area contributed by atoms with Gasteiger partial charge in [0.2, 0.25) is 0 Å². The molecule has 0 aliphatic heterocycles. The van der Waals surface area contributed by atoms with Crippen molar-refractivity contribution in [3.63, 3.8) is 0 Å². The first kappa shape index (κ1) is 18.9. The zero-order chi connectivity index (χ0) is 18.9. The number of hydrogen-bond donors (Lipinski definition) is 1. The van der Waals surface area contributed by atoms with Gasteiger partial charge in [0, 0.05) is 10.3 Å². The number of sulfonamides is 1. The molecule has 0 aliphatic carbocycles. The Bertz CT molecular complexity index is 1020. The van der Waals surface area contributed by atoms with Crippen LogP contribution in [0.25, 0.3) is 9.88 Å². The quantitative estimate of drug-likeness (QED) is 0.615. The number of hydrogen-bond acceptors (Lipinski definition) is 6. The summed E-state index contributed by atoms with van der Waals surface area (Å²) in [5.74, 6) is 0.821. The fourth-order valence-electron chi connectivity index (χ4n) is 2.43. The molecule has 2 heterocycles. The van der Waals surface area contributed by atoms with Gasteiger partial charge >= 0.3 is 0 Å². The second kappa shape index (κ2) is 7.38. The highest BCUT2D eigenvalue weighted by Crippen LogP contribution is 2.37. The van der Waals surface area contributed by atoms with Crippen molar-refractivity contribution in [2.45, 2.75) is 31.6 Å². The fraction of sp³-hybridized carbons (Fsp3) is 0.278. The van der Waals surface area contributed by atoms with Gasteiger partial charge in [-0.1, -0.05) is 26.0 Å². The number of anilines is 1. The first-order valence-corrected chi connectivity index (χ1v) is 11.2. The number of thiazole rings is 1. The lowest BCUT2D eigenvalue weighted by Crippen LogP contribution is -2.13. The van der Waals surface area contributed by atoms with Crippen molar-refractivity contribution >= 4 is 38.4 Å². The predicted molar refractivity (Wildman–Crippen MR) is 108 cm³/mol. The second-order valence-electron chi connectivity index (χ2n) is 6.07. The summed E-state index contributed by atoms with van der Waals surface area (Å²) in [6, 6.07) is 8.64. The van der Waals surface area contributed by atoms with Gasteiger partial charge in [-0.25, -0.2) is 13.4 Å². The lowest BCUT2D eigenvalue weighted by atomic mass is 10.2. The lowest BCUT2D eigenvalue weighted by molar-refractivity contribution is 0.417. The van der Waals surface area contributed by atoms with E-state index in [4.69, 9.17) is 4.74 Å². The summed E-state index contributed by atoms with van der Waals surface area (Å²) in [6.07, 6.45) is 0. The van der Waals surface area contributed by atoms with Crippen LogP contribution in [0.2, 0.25) is 0 Å². The van der Waals surface area contributed by atoms with Crippen LogP contribution in [0.15, 0.2) is 40.6 Å². The summed E-state index contributed by atoms with van der Waals surface area (Å²) in [5, 5.41) is 2.87. The molecule has 138 valence electrons. The SMILES string of the molecule is COc1ccccc1NS(=O)(=O)c1cc(-c2nc(C(C)C)cs2)sc1C. The van der Waals surface area contributed by atoms with Crippen LogP contribution >= 0.6 is 22.7 Å². The van der Waals surface area contributed by atoms with E-state index in [1.54, 1.807) is 30.3 Å². The van der Waals surface area contributed by atoms with Gasteiger partial charge in [-0.3, -0.25) is 4.72 Å². The van der Waals surface area contributed by atoms with Crippen molar-refractivity contribution < 1.29 is 13.2 Å². The third-order valence-electron chi connectivity index (χ3n) is 3.84. The highest BCUT2D eigenvalue weighted by atomic mass is 32.2. The Morgan fingerprint density at radius 3 is 2.62 bits per heavy atom. The summed E-state index contributed by atoms with van der Waals surface area (Å²) in [7, 11) is -2.21. The van der Waals surface area contributed by atoms with Gasteiger partial charge in [0.1, 0.15) is 15.7 Å². The molecule has 0 aliphatic rings. The third kappa shape index (κ3) is 3.77. The van der Waals surface area contributed by atoms with Crippen LogP contribution in [0.1, 0.15) is 30.3 Å². The third-order valence-corrected chi connectivity index (χ3v) is 7.54. The van der Waals surface area contributed by atoms with Gasteiger partial charge in [0.15, 0.2) is 0 Å². The molecule has 0 amide bonds. The minimum atomic E-state index is -3.72. The topological polar surface area (TPSA) is 68.3 Å². The number of rotatable bonds is 6. The van der Waals surface area contributed by atoms with E-state index in [1.807, 2.05) is 12.3 Å². The minimum absolute atomic E-state index is 0.268. The molecule has 1 aromatic carbocycles. The molecule has 0 saturated carbocycles. The number of para-hydroxylation sites is 2. The number of methoxy groups -OCH3 is 1. The number of nitrogens with zero attached hydrogens (tertiary/aromatic N) is 1. The number of nitrogens with one attached hydrogen (secondary N) is 1. The molecule has 8 heteroatoms. The van der Waals surface area contributed by atoms with Gasteiger partial charge in [-0.15, -0.1) is 22.7 Å². The van der Waals surface area contributed by atoms with Crippen molar-refractivity contribution in [1.82, 2.24) is 4.98 Å². The Morgan fingerprint density at radius 2 is 1.96 bits per heavy atom. The number of aryl methyl sites for hydroxylation is 1. The van der Waals surface area contributed by atoms with Crippen LogP contribution in [-0.4, -0.2) is 20.5 Å². The van der Waals surface area contributed by atoms with E-state index >= 15 is 0 Å². The van der Waals surface area contributed by atoms with Gasteiger partial charge < -0.3 is 4.74 Å². The van der Waals surface area contributed by atoms with Gasteiger partial charge in [-0.05, 0) is 31.0 Å². The Hall–Kier alpha value is -1.90. The van der Waals surface area contributed by atoms with E-state index in [0.29, 0.717) is 17.4 Å². The van der Waals surface area contributed by atoms with Crippen molar-refractivity contribution in [3.8, 4) is 15.6 Å². The maximum Gasteiger partial charge on any atom is 0.263 e. The molecular formula is C18H20N2O3S3. The smallest absolute Gasteiger partial charge is 0.263 e. The van der Waals surface area contributed by atoms with Crippen molar-refractivity contribution in [1.29, 1.82) is 0 Å². The first-order chi connectivity index (χ1) is 12.3. The van der Waals surface area contributed by atoms with E-state index in [2.05, 4.69) is 23.6 Å². The van der Waals surface area contributed by atoms with E-state index in [0.717, 1.165) is 20.5 Å². The monoisotopic (exact) mass is 408 g/mol. The van der Waals surface area contributed by atoms with E-state index < -0.39 is 10.0 Å². The second-order valence-corrected chi connectivity index (χ2v) is 9.83. The van der Waals surface area contributed by atoms with Crippen molar-refractivity contribution in [2.24, 2.45) is 0 Å². The van der Waals surface area contributed by atoms with Crippen LogP contribution in [0.5, 0.6) is 5.75 Å². The van der Waals surface area contributed by atoms with E-state index in [1.165, 1.54) is 29.8 Å². The summed E-state index contributed by atoms with van der Waals surface area (Å²) in [5.41, 5.74) is 1.44. The van der Waals surface area contributed by atoms with Crippen LogP contribution in [-0.2, 0) is 10.0 Å². The summed E-state index contributed by atoms with van der Waals surface area (Å²) in [4.78, 5) is 6.48. The normalized spacial score (nSPS) is 11.7. The summed E-state index contributed by atoms with van der Waals surface area (Å²) < 4.78 is 33.6. The van der Waals surface area contributed by atoms with Gasteiger partial charge in [0.25, 0.3) is 10.0 Å². The molecular weight excluding hydrogens is 388 g/mol. The molecule has 3 rings (SSSR count). The molecule has 0 atom stereocenters. The van der Waals surface area contributed by atoms with Crippen LogP contribution in [0.3, 0.4) is 0 Å². The Labute approximate surface area is 161 Å². The van der Waals surface area contributed by atoms with E-state index in [9.17, 15) is 8.42 Å². The van der Waals surface area contributed by atoms with Crippen molar-refractivity contribution in [2.75, 3.05) is 11.8 Å². The molecule has 0 unspecified atom stereocenters. The number of benzene rings is 1. The molecule has 2 aromatic heterocycles. The van der Waals surface area contributed by atoms with Gasteiger partial charge in [-0.2, -0.15) is 0 Å². The summed E-state index contributed by atoms with van der Waals surface area (Å²) in [6.45, 7) is 5.99. The first-order valence-electron chi connectivity index (χ1n) is 8.04. The largest absolute Gasteiger partial charge is 0.495 e. The molecule has 0 spiro atoms. The maximum atomic E-state index is 12.9. The molecule has 0 fully saturated rings. The zero-order valence-corrected chi connectivity index (χ0v) is 17.4. The molecule has 0 bridgehead atoms. The Morgan fingerprint density at radius 1 is 1.23 bits per heavy atom. The molecule has 0 saturated heterocycles. The highest BCUT2D eigenvalue weighted by Gasteiger charge is 2.23. The molecule has 5 nitrogen and oxygen atoms in total. The standard InChI is InChI=1S/C18H20N2O3S3/c1-11(2)14-10-24-18(19-14)16-9-17(12(3)25-16)26(21,22)20-13-7-5-6-8-15(13)23-4/h5-11,20H,1-4H3. The average Bonchev–Trinajstić information content (AvgIpc) is 3.22. The molecule has 1 N–H and O–H groups in total. The zero-order valence-electron chi connectivity index (χ0n) is 14.9. The number of ether oxygens (including phenoxy) is 1. The van der Waals surface area contributed by atoms with Crippen LogP contribution in [0.4, 0.5) is 5.69 Å². The predicted octanol–water partition coefficient (Wildman–Crippen LogP) is 5.11. The van der Waals surface area contributed by atoms with Crippen LogP contribution < -0.4 is 9.46 Å². The average molecular weight is 409 g/mol. The maximum absolute atomic E-state index is 12.9. The Balaban J connectivity index is 1.94. The number of aromatic nitrogens is 1. The van der Waals surface area contributed by atoms with Crippen LogP contribution in [0, 0.1) is 6.92 Å². The minimum Gasteiger partial charge on any atom is -0.495 e. The molecule has 0 radical (unpaired) electrons. The Kier molecular flexibility index (Phi) is 5.36. The van der Waals surface area contributed by atoms with Gasteiger partial charge in [0.05, 0.1) is 23.4 Å². The summed E-state index contributed by atoms with van der Waals surface area (Å²) >= 11 is 2.98. The fourth-order valence-corrected chi connectivity index (χ4v) is 6.14. The van der Waals surface area contributed by atoms with E-state index in [-0.39, 0.29) is 4.90 Å². The highest BCUT2D eigenvalue weighted by molar-refractivity contribution is 7.93. The van der Waals surface area contributed by atoms with Crippen molar-refractivity contribution in [3.05, 3.63) is 46.3 Å². The number of thiophene rings is 1. The molecule has 3 aromatic rings. The lowest BCUT2D eigenvalue weighted by Gasteiger charge is -2.11.